The fourth-order valence-electron chi connectivity index (χ4n) is 4.16. The number of hydrogen-bond donors (Lipinski definition) is 2. The van der Waals surface area contributed by atoms with Crippen LogP contribution in [0, 0.1) is 11.8 Å². The van der Waals surface area contributed by atoms with E-state index in [1.165, 1.54) is 23.8 Å². The van der Waals surface area contributed by atoms with Gasteiger partial charge < -0.3 is 15.2 Å². The smallest absolute Gasteiger partial charge is 0.202 e. The number of thiophene rings is 1. The quantitative estimate of drug-likeness (QED) is 0.333. The Morgan fingerprint density at radius 1 is 1.12 bits per heavy atom. The predicted molar refractivity (Wildman–Crippen MR) is 139 cm³/mol. The van der Waals surface area contributed by atoms with Crippen molar-refractivity contribution in [3.8, 4) is 0 Å². The van der Waals surface area contributed by atoms with Gasteiger partial charge in [-0.05, 0) is 71.2 Å². The van der Waals surface area contributed by atoms with Crippen molar-refractivity contribution >= 4 is 17.1 Å². The molecule has 1 aromatic rings. The predicted octanol–water partition coefficient (Wildman–Crippen LogP) is 6.70. The van der Waals surface area contributed by atoms with Gasteiger partial charge in [0.05, 0.1) is 12.8 Å². The first-order valence-electron chi connectivity index (χ1n) is 12.0. The Balaban J connectivity index is 1.98. The van der Waals surface area contributed by atoms with Crippen molar-refractivity contribution in [2.75, 3.05) is 7.11 Å². The topological polar surface area (TPSA) is 58.6 Å². The van der Waals surface area contributed by atoms with Crippen LogP contribution in [0.4, 0.5) is 0 Å². The van der Waals surface area contributed by atoms with Gasteiger partial charge in [-0.15, -0.1) is 11.3 Å². The lowest BCUT2D eigenvalue weighted by atomic mass is 9.76. The first-order valence-corrected chi connectivity index (χ1v) is 12.8. The van der Waals surface area contributed by atoms with E-state index in [1.807, 2.05) is 24.4 Å². The minimum atomic E-state index is -0.756. The standard InChI is InChI=1S/C28H41NO3S/c1-19(2)10-7-11-20(3)12-8-13-21(4)15-16-24-22(5)26(30)28(32-6)25(27(24)31)29-18-23-14-9-17-33-23/h9-10,12,14-15,17,22,24,27,29,31H,7-8,11,13,16,18H2,1-6H3/b20-12+,21-15+/t22?,24-,27-/m0/s1. The fourth-order valence-corrected chi connectivity index (χ4v) is 4.80. The molecular weight excluding hydrogens is 430 g/mol. The van der Waals surface area contributed by atoms with Gasteiger partial charge in [0, 0.05) is 23.3 Å². The van der Waals surface area contributed by atoms with Crippen molar-refractivity contribution in [2.24, 2.45) is 11.8 Å². The van der Waals surface area contributed by atoms with Gasteiger partial charge >= 0.3 is 0 Å². The third-order valence-electron chi connectivity index (χ3n) is 6.32. The Morgan fingerprint density at radius 2 is 1.79 bits per heavy atom. The number of ether oxygens (including phenoxy) is 1. The first kappa shape index (κ1) is 27.1. The second kappa shape index (κ2) is 13.6. The average Bonchev–Trinajstić information content (AvgIpc) is 3.28. The molecule has 0 amide bonds. The molecule has 1 heterocycles. The van der Waals surface area contributed by atoms with Crippen molar-refractivity contribution in [2.45, 2.75) is 79.4 Å². The molecule has 0 radical (unpaired) electrons. The van der Waals surface area contributed by atoms with Gasteiger partial charge in [-0.1, -0.05) is 47.9 Å². The second-order valence-electron chi connectivity index (χ2n) is 9.34. The lowest BCUT2D eigenvalue weighted by Gasteiger charge is -2.35. The molecule has 182 valence electrons. The minimum absolute atomic E-state index is 0.0394. The Kier molecular flexibility index (Phi) is 11.2. The maximum absolute atomic E-state index is 12.9. The molecule has 1 aliphatic carbocycles. The molecule has 3 atom stereocenters. The highest BCUT2D eigenvalue weighted by Gasteiger charge is 2.41. The van der Waals surface area contributed by atoms with E-state index in [2.05, 4.69) is 51.2 Å². The maximum Gasteiger partial charge on any atom is 0.202 e. The number of ketones is 1. The molecule has 1 unspecified atom stereocenters. The molecule has 33 heavy (non-hydrogen) atoms. The zero-order valence-corrected chi connectivity index (χ0v) is 21.9. The van der Waals surface area contributed by atoms with E-state index < -0.39 is 6.10 Å². The number of nitrogens with one attached hydrogen (secondary N) is 1. The molecular formula is C28H41NO3S. The zero-order chi connectivity index (χ0) is 24.4. The normalized spacial score (nSPS) is 21.9. The van der Waals surface area contributed by atoms with Crippen molar-refractivity contribution in [3.63, 3.8) is 0 Å². The van der Waals surface area contributed by atoms with Crippen LogP contribution in [0.2, 0.25) is 0 Å². The first-order chi connectivity index (χ1) is 15.7. The van der Waals surface area contributed by atoms with Crippen molar-refractivity contribution in [1.29, 1.82) is 0 Å². The highest BCUT2D eigenvalue weighted by atomic mass is 32.1. The monoisotopic (exact) mass is 471 g/mol. The van der Waals surface area contributed by atoms with Crippen molar-refractivity contribution in [1.82, 2.24) is 5.32 Å². The molecule has 0 aliphatic heterocycles. The van der Waals surface area contributed by atoms with Crippen LogP contribution in [-0.2, 0) is 16.1 Å². The lowest BCUT2D eigenvalue weighted by Crippen LogP contribution is -2.43. The minimum Gasteiger partial charge on any atom is -0.491 e. The highest BCUT2D eigenvalue weighted by molar-refractivity contribution is 7.09. The van der Waals surface area contributed by atoms with E-state index >= 15 is 0 Å². The van der Waals surface area contributed by atoms with Gasteiger partial charge in [-0.25, -0.2) is 0 Å². The van der Waals surface area contributed by atoms with E-state index in [1.54, 1.807) is 11.3 Å². The lowest BCUT2D eigenvalue weighted by molar-refractivity contribution is -0.126. The number of aliphatic hydroxyl groups is 1. The molecule has 2 rings (SSSR count). The summed E-state index contributed by atoms with van der Waals surface area (Å²) in [4.78, 5) is 14.1. The SMILES string of the molecule is COC1=C(NCc2cccs2)[C@@H](O)[C@@H](C/C=C(\C)CC/C=C(\C)CCC=C(C)C)C(C)C1=O. The summed E-state index contributed by atoms with van der Waals surface area (Å²) in [5.74, 6) is -0.235. The van der Waals surface area contributed by atoms with Crippen LogP contribution in [-0.4, -0.2) is 24.1 Å². The molecule has 0 bridgehead atoms. The average molecular weight is 472 g/mol. The maximum atomic E-state index is 12.9. The van der Waals surface area contributed by atoms with Crippen molar-refractivity contribution < 1.29 is 14.6 Å². The summed E-state index contributed by atoms with van der Waals surface area (Å²) in [5, 5.41) is 16.4. The number of allylic oxidation sites excluding steroid dienone is 7. The third kappa shape index (κ3) is 8.31. The number of carbonyl (C=O) groups excluding carboxylic acids is 1. The van der Waals surface area contributed by atoms with E-state index in [9.17, 15) is 9.90 Å². The van der Waals surface area contributed by atoms with Crippen LogP contribution in [0.15, 0.2) is 63.9 Å². The summed E-state index contributed by atoms with van der Waals surface area (Å²) in [5.41, 5.74) is 4.61. The molecule has 2 N–H and O–H groups in total. The summed E-state index contributed by atoms with van der Waals surface area (Å²) in [6.07, 6.45) is 10.9. The molecule has 4 nitrogen and oxygen atoms in total. The number of carbonyl (C=O) groups is 1. The van der Waals surface area contributed by atoms with Gasteiger partial charge in [0.25, 0.3) is 0 Å². The molecule has 1 aliphatic rings. The van der Waals surface area contributed by atoms with Gasteiger partial charge in [0.1, 0.15) is 6.10 Å². The fraction of sp³-hybridized carbons (Fsp3) is 0.536. The summed E-state index contributed by atoms with van der Waals surface area (Å²) in [7, 11) is 1.50. The van der Waals surface area contributed by atoms with E-state index in [0.29, 0.717) is 18.7 Å². The van der Waals surface area contributed by atoms with Gasteiger partial charge in [-0.3, -0.25) is 4.79 Å². The summed E-state index contributed by atoms with van der Waals surface area (Å²) in [6, 6.07) is 4.03. The Bertz CT molecular complexity index is 888. The largest absolute Gasteiger partial charge is 0.491 e. The van der Waals surface area contributed by atoms with E-state index in [0.717, 1.165) is 30.6 Å². The van der Waals surface area contributed by atoms with Gasteiger partial charge in [-0.2, -0.15) is 0 Å². The van der Waals surface area contributed by atoms with Crippen LogP contribution in [0.25, 0.3) is 0 Å². The van der Waals surface area contributed by atoms with Crippen LogP contribution in [0.1, 0.15) is 71.6 Å². The third-order valence-corrected chi connectivity index (χ3v) is 7.20. The van der Waals surface area contributed by atoms with E-state index in [-0.39, 0.29) is 23.4 Å². The number of rotatable bonds is 12. The van der Waals surface area contributed by atoms with Crippen LogP contribution in [0.3, 0.4) is 0 Å². The van der Waals surface area contributed by atoms with Gasteiger partial charge in [0.2, 0.25) is 5.78 Å². The van der Waals surface area contributed by atoms with Crippen molar-refractivity contribution in [3.05, 3.63) is 68.8 Å². The Hall–Kier alpha value is -2.11. The molecule has 0 saturated heterocycles. The number of aliphatic hydroxyl groups excluding tert-OH is 1. The number of Topliss-reactive ketones (excluding diaryl/α,β-unsaturated/α-hetero) is 1. The summed E-state index contributed by atoms with van der Waals surface area (Å²) < 4.78 is 5.40. The molecule has 0 fully saturated rings. The van der Waals surface area contributed by atoms with Gasteiger partial charge in [0.15, 0.2) is 5.76 Å². The van der Waals surface area contributed by atoms with Crippen LogP contribution >= 0.6 is 11.3 Å². The molecule has 1 aromatic heterocycles. The summed E-state index contributed by atoms with van der Waals surface area (Å²) in [6.45, 7) is 11.1. The Labute approximate surface area is 204 Å². The van der Waals surface area contributed by atoms with Crippen LogP contribution < -0.4 is 5.32 Å². The number of hydrogen-bond acceptors (Lipinski definition) is 5. The van der Waals surface area contributed by atoms with E-state index in [4.69, 9.17) is 4.74 Å². The molecule has 0 aromatic carbocycles. The number of methoxy groups -OCH3 is 1. The second-order valence-corrected chi connectivity index (χ2v) is 10.4. The summed E-state index contributed by atoms with van der Waals surface area (Å²) >= 11 is 1.64. The molecule has 0 spiro atoms. The van der Waals surface area contributed by atoms with Crippen LogP contribution in [0.5, 0.6) is 0 Å². The molecule has 0 saturated carbocycles. The Morgan fingerprint density at radius 3 is 2.39 bits per heavy atom. The zero-order valence-electron chi connectivity index (χ0n) is 21.1. The molecule has 5 heteroatoms. The highest BCUT2D eigenvalue weighted by Crippen LogP contribution is 2.34.